The highest BCUT2D eigenvalue weighted by Crippen LogP contribution is 2.63. The first-order valence-corrected chi connectivity index (χ1v) is 10.4. The molecule has 0 aromatic carbocycles. The molecule has 0 aromatic heterocycles. The Kier molecular flexibility index (Phi) is 6.25. The first kappa shape index (κ1) is 20.0. The van der Waals surface area contributed by atoms with Crippen molar-refractivity contribution in [3.63, 3.8) is 0 Å². The number of aliphatic hydroxyl groups is 2. The summed E-state index contributed by atoms with van der Waals surface area (Å²) in [7, 11) is 3.25. The molecule has 148 valence electrons. The van der Waals surface area contributed by atoms with Crippen LogP contribution in [0.15, 0.2) is 11.6 Å². The summed E-state index contributed by atoms with van der Waals surface area (Å²) in [4.78, 5) is 12.2. The minimum Gasteiger partial charge on any atom is -0.393 e. The van der Waals surface area contributed by atoms with Gasteiger partial charge < -0.3 is 14.9 Å². The summed E-state index contributed by atoms with van der Waals surface area (Å²) in [5.74, 6) is 2.97. The monoisotopic (exact) mass is 364 g/mol. The van der Waals surface area contributed by atoms with Gasteiger partial charge in [-0.2, -0.15) is 0 Å². The fourth-order valence-corrected chi connectivity index (χ4v) is 6.89. The Morgan fingerprint density at radius 2 is 1.92 bits per heavy atom. The lowest BCUT2D eigenvalue weighted by Gasteiger charge is -2.53. The number of fused-ring (bicyclic) bond motifs is 5. The second kappa shape index (κ2) is 8.12. The maximum Gasteiger partial charge on any atom is 0.161 e. The van der Waals surface area contributed by atoms with E-state index >= 15 is 0 Å². The molecule has 3 saturated carbocycles. The molecule has 4 nitrogen and oxygen atoms in total. The third-order valence-corrected chi connectivity index (χ3v) is 7.96. The van der Waals surface area contributed by atoms with E-state index in [-0.39, 0.29) is 29.8 Å². The molecule has 3 fully saturated rings. The summed E-state index contributed by atoms with van der Waals surface area (Å²) in [6.07, 6.45) is 10.9. The van der Waals surface area contributed by atoms with Crippen LogP contribution in [0.3, 0.4) is 0 Å². The van der Waals surface area contributed by atoms with Gasteiger partial charge in [0, 0.05) is 20.1 Å². The average molecular weight is 365 g/mol. The molecule has 0 saturated heterocycles. The predicted molar refractivity (Wildman–Crippen MR) is 102 cm³/mol. The van der Waals surface area contributed by atoms with E-state index in [1.54, 1.807) is 14.2 Å². The number of rotatable bonds is 2. The van der Waals surface area contributed by atoms with Crippen molar-refractivity contribution >= 4 is 5.78 Å². The molecule has 0 radical (unpaired) electrons. The van der Waals surface area contributed by atoms with E-state index < -0.39 is 0 Å². The van der Waals surface area contributed by atoms with Gasteiger partial charge in [0.1, 0.15) is 6.61 Å². The van der Waals surface area contributed by atoms with E-state index in [1.165, 1.54) is 12.0 Å². The fourth-order valence-electron chi connectivity index (χ4n) is 6.89. The Morgan fingerprint density at radius 3 is 2.62 bits per heavy atom. The topological polar surface area (TPSA) is 66.8 Å². The number of hydrogen-bond acceptors (Lipinski definition) is 4. The average Bonchev–Trinajstić information content (AvgIpc) is 2.98. The van der Waals surface area contributed by atoms with Gasteiger partial charge in [-0.05, 0) is 80.5 Å². The van der Waals surface area contributed by atoms with Gasteiger partial charge in [0.25, 0.3) is 0 Å². The van der Waals surface area contributed by atoms with Crippen molar-refractivity contribution in [2.24, 2.45) is 35.0 Å². The summed E-state index contributed by atoms with van der Waals surface area (Å²) in [5, 5.41) is 19.3. The normalized spacial score (nSPS) is 44.0. The van der Waals surface area contributed by atoms with Gasteiger partial charge in [0.15, 0.2) is 5.78 Å². The third kappa shape index (κ3) is 3.41. The zero-order valence-electron chi connectivity index (χ0n) is 16.6. The number of methoxy groups -OCH3 is 1. The molecule has 4 heteroatoms. The largest absolute Gasteiger partial charge is 0.393 e. The zero-order valence-corrected chi connectivity index (χ0v) is 16.6. The van der Waals surface area contributed by atoms with Crippen LogP contribution in [0.25, 0.3) is 0 Å². The van der Waals surface area contributed by atoms with Crippen LogP contribution in [-0.2, 0) is 9.53 Å². The van der Waals surface area contributed by atoms with Crippen LogP contribution in [0.4, 0.5) is 0 Å². The van der Waals surface area contributed by atoms with Gasteiger partial charge in [-0.25, -0.2) is 0 Å². The standard InChI is InChI=1S/C20H30O3.C2H6O/c1-20-9-8-15-14-5-3-13(22)10-12(14)2-4-16(15)17(20)6-7-18(20)19(23)11-21;1-3-2/h2,13-18,21-22H,3-11H2,1H3;1-2H3. The minimum atomic E-state index is -0.286. The molecule has 0 spiro atoms. The van der Waals surface area contributed by atoms with E-state index in [0.717, 1.165) is 50.9 Å². The maximum absolute atomic E-state index is 12.2. The molecule has 0 bridgehead atoms. The number of carbonyl (C=O) groups excluding carboxylic acids is 1. The molecule has 4 rings (SSSR count). The number of ether oxygens (including phenoxy) is 1. The maximum atomic E-state index is 12.2. The summed E-state index contributed by atoms with van der Waals surface area (Å²) >= 11 is 0. The lowest BCUT2D eigenvalue weighted by atomic mass is 9.51. The molecule has 4 aliphatic rings. The predicted octanol–water partition coefficient (Wildman–Crippen LogP) is 3.36. The summed E-state index contributed by atoms with van der Waals surface area (Å²) < 4.78 is 4.25. The highest BCUT2D eigenvalue weighted by Gasteiger charge is 2.57. The zero-order chi connectivity index (χ0) is 18.9. The Balaban J connectivity index is 0.000000613. The van der Waals surface area contributed by atoms with Crippen molar-refractivity contribution in [2.75, 3.05) is 20.8 Å². The molecule has 0 aromatic rings. The Labute approximate surface area is 158 Å². The fraction of sp³-hybridized carbons (Fsp3) is 0.864. The number of Topliss-reactive ketones (excluding diaryl/α,β-unsaturated/α-hetero) is 1. The lowest BCUT2D eigenvalue weighted by molar-refractivity contribution is -0.131. The number of carbonyl (C=O) groups is 1. The van der Waals surface area contributed by atoms with Crippen molar-refractivity contribution in [2.45, 2.75) is 64.4 Å². The second-order valence-electron chi connectivity index (χ2n) is 9.20. The molecular formula is C22H36O4. The molecule has 0 aliphatic heterocycles. The van der Waals surface area contributed by atoms with Crippen LogP contribution < -0.4 is 0 Å². The number of hydrogen-bond donors (Lipinski definition) is 2. The summed E-state index contributed by atoms with van der Waals surface area (Å²) in [6, 6.07) is 0. The first-order valence-electron chi connectivity index (χ1n) is 10.4. The smallest absolute Gasteiger partial charge is 0.161 e. The van der Waals surface area contributed by atoms with E-state index in [1.807, 2.05) is 0 Å². The highest BCUT2D eigenvalue weighted by molar-refractivity contribution is 5.83. The lowest BCUT2D eigenvalue weighted by Crippen LogP contribution is -2.47. The first-order chi connectivity index (χ1) is 12.5. The molecule has 7 atom stereocenters. The molecule has 2 N–H and O–H groups in total. The van der Waals surface area contributed by atoms with Crippen molar-refractivity contribution in [1.29, 1.82) is 0 Å². The van der Waals surface area contributed by atoms with E-state index in [4.69, 9.17) is 0 Å². The third-order valence-electron chi connectivity index (χ3n) is 7.96. The molecule has 7 unspecified atom stereocenters. The molecular weight excluding hydrogens is 328 g/mol. The number of ketones is 1. The summed E-state index contributed by atoms with van der Waals surface area (Å²) in [5.41, 5.74) is 1.63. The van der Waals surface area contributed by atoms with Gasteiger partial charge in [0.2, 0.25) is 0 Å². The van der Waals surface area contributed by atoms with Crippen LogP contribution in [0, 0.1) is 35.0 Å². The van der Waals surface area contributed by atoms with E-state index in [0.29, 0.717) is 17.8 Å². The van der Waals surface area contributed by atoms with Crippen molar-refractivity contribution in [1.82, 2.24) is 0 Å². The van der Waals surface area contributed by atoms with Crippen molar-refractivity contribution < 1.29 is 19.7 Å². The van der Waals surface area contributed by atoms with E-state index in [2.05, 4.69) is 17.7 Å². The number of aliphatic hydroxyl groups excluding tert-OH is 2. The van der Waals surface area contributed by atoms with Crippen LogP contribution in [0.2, 0.25) is 0 Å². The van der Waals surface area contributed by atoms with Crippen LogP contribution >= 0.6 is 0 Å². The molecule has 4 aliphatic carbocycles. The van der Waals surface area contributed by atoms with Crippen molar-refractivity contribution in [3.8, 4) is 0 Å². The Hall–Kier alpha value is -0.710. The second-order valence-corrected chi connectivity index (χ2v) is 9.20. The molecule has 26 heavy (non-hydrogen) atoms. The van der Waals surface area contributed by atoms with Gasteiger partial charge in [-0.3, -0.25) is 4.79 Å². The molecule has 0 amide bonds. The number of allylic oxidation sites excluding steroid dienone is 1. The minimum absolute atomic E-state index is 0.0706. The Morgan fingerprint density at radius 1 is 1.19 bits per heavy atom. The molecule has 0 heterocycles. The van der Waals surface area contributed by atoms with Crippen LogP contribution in [0.5, 0.6) is 0 Å². The SMILES string of the molecule is CC12CCC3C4CCC(O)CC4=CCC3C1CCC2C(=O)CO.COC. The highest BCUT2D eigenvalue weighted by atomic mass is 16.4. The van der Waals surface area contributed by atoms with Gasteiger partial charge >= 0.3 is 0 Å². The van der Waals surface area contributed by atoms with Gasteiger partial charge in [-0.1, -0.05) is 18.6 Å². The van der Waals surface area contributed by atoms with Gasteiger partial charge in [0.05, 0.1) is 6.10 Å². The van der Waals surface area contributed by atoms with Gasteiger partial charge in [-0.15, -0.1) is 0 Å². The van der Waals surface area contributed by atoms with Crippen molar-refractivity contribution in [3.05, 3.63) is 11.6 Å². The Bertz CT molecular complexity index is 542. The van der Waals surface area contributed by atoms with Crippen LogP contribution in [0.1, 0.15) is 58.3 Å². The van der Waals surface area contributed by atoms with E-state index in [9.17, 15) is 15.0 Å². The van der Waals surface area contributed by atoms with Crippen LogP contribution in [-0.4, -0.2) is 42.9 Å². The quantitative estimate of drug-likeness (QED) is 0.738. The summed E-state index contributed by atoms with van der Waals surface area (Å²) in [6.45, 7) is 2.04.